The molecule has 3 N–H and O–H groups in total. The zero-order valence-electron chi connectivity index (χ0n) is 32.8. The molecule has 28 heteroatoms. The van der Waals surface area contributed by atoms with Crippen LogP contribution in [0.4, 0.5) is 10.2 Å². The molecule has 2 fully saturated rings. The van der Waals surface area contributed by atoms with Gasteiger partial charge in [0.25, 0.3) is 5.91 Å². The first-order chi connectivity index (χ1) is 30.4. The summed E-state index contributed by atoms with van der Waals surface area (Å²) >= 11 is 5.84. The largest absolute Gasteiger partial charge is 0.472 e. The van der Waals surface area contributed by atoms with E-state index in [9.17, 15) is 19.4 Å². The SMILES string of the molecule is [C-]#[N+]CCOP(=S)(OC[C@H]1O[C@@H](n2cnc3c(NC(=O)c4ccccc4)ncnc32)[C@H](F)[C@@H]1OP(=O)(O)OCCC#N)O[C@H]1[C@@H](C)[C@H](n2cnc3c2ncn2ncnc32)O[C@@H]1CO. The fourth-order valence-electron chi connectivity index (χ4n) is 7.03. The van der Waals surface area contributed by atoms with Crippen molar-refractivity contribution in [3.8, 4) is 6.07 Å². The van der Waals surface area contributed by atoms with Crippen LogP contribution in [0.2, 0.25) is 0 Å². The fourth-order valence-corrected chi connectivity index (χ4v) is 10.1. The molecular weight excluding hydrogens is 891 g/mol. The van der Waals surface area contributed by atoms with E-state index in [1.54, 1.807) is 47.9 Å². The van der Waals surface area contributed by atoms with Crippen molar-refractivity contribution in [1.29, 1.82) is 5.26 Å². The Bertz CT molecular complexity index is 2790. The number of halogens is 1. The van der Waals surface area contributed by atoms with Gasteiger partial charge in [0.15, 0.2) is 46.2 Å². The van der Waals surface area contributed by atoms with E-state index in [1.807, 2.05) is 0 Å². The third-order valence-corrected chi connectivity index (χ3v) is 13.3. The number of nitriles is 1. The minimum Gasteiger partial charge on any atom is -0.394 e. The molecule has 2 saturated heterocycles. The first kappa shape index (κ1) is 44.3. The number of nitrogens with one attached hydrogen (secondary N) is 1. The molecular formula is C35H36FN13O11P2S. The Morgan fingerprint density at radius 2 is 1.68 bits per heavy atom. The Morgan fingerprint density at radius 3 is 2.44 bits per heavy atom. The lowest BCUT2D eigenvalue weighted by molar-refractivity contribution is -0.0536. The highest BCUT2D eigenvalue weighted by Crippen LogP contribution is 2.56. The Hall–Kier alpha value is -5.31. The normalized spacial score (nSPS) is 25.5. The minimum atomic E-state index is -5.04. The molecule has 7 heterocycles. The number of carbonyl (C=O) groups excluding carboxylic acids is 1. The van der Waals surface area contributed by atoms with Crippen LogP contribution in [0.25, 0.3) is 32.8 Å². The van der Waals surface area contributed by atoms with Gasteiger partial charge >= 0.3 is 14.5 Å². The summed E-state index contributed by atoms with van der Waals surface area (Å²) in [6.07, 6.45) is -3.72. The number of fused-ring (bicyclic) bond motifs is 4. The van der Waals surface area contributed by atoms with Crippen LogP contribution in [0.3, 0.4) is 0 Å². The molecule has 0 radical (unpaired) electrons. The van der Waals surface area contributed by atoms with Gasteiger partial charge in [-0.1, -0.05) is 25.1 Å². The Kier molecular flexibility index (Phi) is 13.2. The van der Waals surface area contributed by atoms with Crippen molar-refractivity contribution < 1.29 is 55.8 Å². The number of rotatable bonds is 18. The molecule has 8 rings (SSSR count). The molecule has 1 aromatic carbocycles. The summed E-state index contributed by atoms with van der Waals surface area (Å²) in [7, 11) is -5.04. The number of aliphatic hydroxyl groups is 1. The molecule has 1 amide bonds. The van der Waals surface area contributed by atoms with E-state index in [0.717, 1.165) is 6.33 Å². The van der Waals surface area contributed by atoms with Gasteiger partial charge in [-0.05, 0) is 23.9 Å². The number of hydrogen-bond donors (Lipinski definition) is 3. The highest BCUT2D eigenvalue weighted by Gasteiger charge is 2.52. The molecule has 0 saturated carbocycles. The van der Waals surface area contributed by atoms with Crippen LogP contribution in [0.15, 0.2) is 62.0 Å². The third-order valence-electron chi connectivity index (χ3n) is 9.94. The number of imidazole rings is 2. The van der Waals surface area contributed by atoms with Gasteiger partial charge in [-0.3, -0.25) is 23.0 Å². The molecule has 2 aliphatic heterocycles. The van der Waals surface area contributed by atoms with Crippen LogP contribution >= 0.6 is 14.5 Å². The average molecular weight is 928 g/mol. The maximum Gasteiger partial charge on any atom is 0.472 e. The number of hydrogen-bond acceptors (Lipinski definition) is 19. The van der Waals surface area contributed by atoms with E-state index in [0.29, 0.717) is 22.4 Å². The van der Waals surface area contributed by atoms with Gasteiger partial charge in [0, 0.05) is 11.5 Å². The topological polar surface area (TPSA) is 284 Å². The summed E-state index contributed by atoms with van der Waals surface area (Å²) in [6.45, 7) is 2.96. The van der Waals surface area contributed by atoms with Crippen LogP contribution < -0.4 is 5.32 Å². The quantitative estimate of drug-likeness (QED) is 0.0633. The number of alkyl halides is 1. The van der Waals surface area contributed by atoms with E-state index in [-0.39, 0.29) is 36.6 Å². The second kappa shape index (κ2) is 18.8. The summed E-state index contributed by atoms with van der Waals surface area (Å²) in [5, 5.41) is 26.1. The van der Waals surface area contributed by atoms with Crippen LogP contribution in [0, 0.1) is 23.8 Å². The first-order valence-corrected chi connectivity index (χ1v) is 23.0. The van der Waals surface area contributed by atoms with Gasteiger partial charge in [-0.15, -0.1) is 0 Å². The molecule has 2 unspecified atom stereocenters. The molecule has 0 spiro atoms. The van der Waals surface area contributed by atoms with Crippen molar-refractivity contribution in [2.75, 3.05) is 38.3 Å². The Morgan fingerprint density at radius 1 is 0.952 bits per heavy atom. The molecule has 6 aromatic rings. The molecule has 10 atom stereocenters. The maximum atomic E-state index is 16.8. The van der Waals surface area contributed by atoms with Gasteiger partial charge in [0.2, 0.25) is 6.54 Å². The second-order valence-corrected chi connectivity index (χ2v) is 18.3. The number of ether oxygens (including phenoxy) is 2. The monoisotopic (exact) mass is 927 g/mol. The van der Waals surface area contributed by atoms with Gasteiger partial charge in [-0.25, -0.2) is 49.9 Å². The highest BCUT2D eigenvalue weighted by atomic mass is 32.5. The Balaban J connectivity index is 1.05. The van der Waals surface area contributed by atoms with Crippen molar-refractivity contribution in [1.82, 2.24) is 48.7 Å². The predicted molar refractivity (Wildman–Crippen MR) is 216 cm³/mol. The lowest BCUT2D eigenvalue weighted by atomic mass is 10.0. The number of nitrogens with zero attached hydrogens (tertiary/aromatic N) is 12. The van der Waals surface area contributed by atoms with Crippen molar-refractivity contribution in [3.63, 3.8) is 0 Å². The summed E-state index contributed by atoms with van der Waals surface area (Å²) in [5.41, 5.74) is 1.73. The highest BCUT2D eigenvalue weighted by molar-refractivity contribution is 8.07. The van der Waals surface area contributed by atoms with Gasteiger partial charge in [0.05, 0.1) is 45.0 Å². The van der Waals surface area contributed by atoms with Crippen LogP contribution in [0.5, 0.6) is 0 Å². The van der Waals surface area contributed by atoms with Crippen LogP contribution in [0.1, 0.15) is 36.2 Å². The fraction of sp³-hybridized carbons (Fsp3) is 0.429. The van der Waals surface area contributed by atoms with E-state index >= 15 is 4.39 Å². The lowest BCUT2D eigenvalue weighted by Crippen LogP contribution is -2.35. The van der Waals surface area contributed by atoms with E-state index in [2.05, 4.69) is 45.2 Å². The van der Waals surface area contributed by atoms with Gasteiger partial charge in [0.1, 0.15) is 56.2 Å². The predicted octanol–water partition coefficient (Wildman–Crippen LogP) is 3.31. The number of benzene rings is 1. The zero-order chi connectivity index (χ0) is 44.3. The molecule has 63 heavy (non-hydrogen) atoms. The lowest BCUT2D eigenvalue weighted by Gasteiger charge is -2.29. The second-order valence-electron chi connectivity index (χ2n) is 13.9. The zero-order valence-corrected chi connectivity index (χ0v) is 35.4. The van der Waals surface area contributed by atoms with Crippen molar-refractivity contribution >= 4 is 66.0 Å². The first-order valence-electron chi connectivity index (χ1n) is 19.0. The minimum absolute atomic E-state index is 0.00694. The van der Waals surface area contributed by atoms with E-state index in [4.69, 9.17) is 55.7 Å². The summed E-state index contributed by atoms with van der Waals surface area (Å²) in [5.74, 6) is -1.06. The molecule has 0 bridgehead atoms. The van der Waals surface area contributed by atoms with Gasteiger partial charge < -0.3 is 43.2 Å². The van der Waals surface area contributed by atoms with Crippen molar-refractivity contribution in [2.45, 2.75) is 56.4 Å². The maximum absolute atomic E-state index is 16.8. The summed E-state index contributed by atoms with van der Waals surface area (Å²) < 4.78 is 75.2. The molecule has 5 aromatic heterocycles. The number of aliphatic hydroxyl groups excluding tert-OH is 1. The summed E-state index contributed by atoms with van der Waals surface area (Å²) in [6, 6.07) is 10.1. The molecule has 2 aliphatic rings. The Labute approximate surface area is 360 Å². The molecule has 24 nitrogen and oxygen atoms in total. The number of aromatic nitrogens is 10. The van der Waals surface area contributed by atoms with E-state index in [1.165, 1.54) is 34.4 Å². The molecule has 0 aliphatic carbocycles. The number of amides is 1. The molecule has 330 valence electrons. The van der Waals surface area contributed by atoms with Crippen LogP contribution in [-0.4, -0.2) is 128 Å². The third kappa shape index (κ3) is 9.21. The van der Waals surface area contributed by atoms with Crippen LogP contribution in [-0.2, 0) is 48.5 Å². The average Bonchev–Trinajstić information content (AvgIpc) is 4.12. The van der Waals surface area contributed by atoms with Crippen molar-refractivity contribution in [3.05, 3.63) is 78.9 Å². The smallest absolute Gasteiger partial charge is 0.394 e. The number of phosphoric ester groups is 1. The number of phosphoric acid groups is 1. The number of carbonyl (C=O) groups is 1. The van der Waals surface area contributed by atoms with Gasteiger partial charge in [-0.2, -0.15) is 10.4 Å². The standard InChI is InChI=1S/C35H36FN13O11P2S/c1-20-27(22(13-50)57-34(20)47-18-43-26-31(47)44-19-49-32(26)41-16-45-49)60-62(63,55-12-10-38-2)56-14-23-28(59-61(52,53)54-11-6-9-37)24(36)35(58-23)48-17-42-25-29(39-15-40-30(25)48)46-33(51)21-7-4-3-5-8-21/h3-5,7-8,15-20,22-24,27-28,34-35,50H,6,10-14H2,1H3,(H,52,53)(H,39,40,46,51)/t20-,22-,23-,24-,27+,28-,34-,35-,62?/m1/s1. The summed E-state index contributed by atoms with van der Waals surface area (Å²) in [4.78, 5) is 52.7. The van der Waals surface area contributed by atoms with E-state index < -0.39 is 89.2 Å². The number of anilines is 1. The van der Waals surface area contributed by atoms with Crippen molar-refractivity contribution in [2.24, 2.45) is 5.92 Å².